The fourth-order valence-electron chi connectivity index (χ4n) is 3.08. The number of nitrogens with one attached hydrogen (secondary N) is 1. The van der Waals surface area contributed by atoms with Crippen molar-refractivity contribution in [2.75, 3.05) is 0 Å². The third-order valence-corrected chi connectivity index (χ3v) is 5.23. The molecule has 2 rings (SSSR count). The lowest BCUT2D eigenvalue weighted by atomic mass is 10.0. The van der Waals surface area contributed by atoms with Crippen LogP contribution in [-0.2, 0) is 22.6 Å². The minimum Gasteiger partial charge on any atom is -0.350 e. The number of carbonyl (C=O) groups excluding carboxylic acids is 2. The monoisotopic (exact) mass is 452 g/mol. The van der Waals surface area contributed by atoms with Crippen LogP contribution >= 0.6 is 23.2 Å². The largest absolute Gasteiger partial charge is 0.350 e. The first-order valence-corrected chi connectivity index (χ1v) is 10.6. The van der Waals surface area contributed by atoms with Crippen molar-refractivity contribution in [3.63, 3.8) is 0 Å². The topological polar surface area (TPSA) is 49.4 Å². The summed E-state index contributed by atoms with van der Waals surface area (Å²) in [6.07, 6.45) is 0.508. The van der Waals surface area contributed by atoms with Crippen LogP contribution in [0.2, 0.25) is 10.0 Å². The predicted octanol–water partition coefficient (Wildman–Crippen LogP) is 5.40. The SMILES string of the molecule is CC[C@@H](C(=O)NC(C)(C)C)N(Cc1ccc(F)cc1)C(=O)Cc1ccc(Cl)c(Cl)c1. The van der Waals surface area contributed by atoms with Crippen molar-refractivity contribution in [2.45, 2.75) is 58.7 Å². The molecule has 0 saturated heterocycles. The molecule has 1 atom stereocenters. The number of halogens is 3. The molecule has 0 spiro atoms. The van der Waals surface area contributed by atoms with Gasteiger partial charge in [0.2, 0.25) is 11.8 Å². The summed E-state index contributed by atoms with van der Waals surface area (Å²) in [5.74, 6) is -0.812. The zero-order valence-corrected chi connectivity index (χ0v) is 19.1. The average Bonchev–Trinajstić information content (AvgIpc) is 2.64. The van der Waals surface area contributed by atoms with Gasteiger partial charge in [-0.1, -0.05) is 48.3 Å². The zero-order valence-electron chi connectivity index (χ0n) is 17.6. The molecular formula is C23H27Cl2FN2O2. The lowest BCUT2D eigenvalue weighted by Gasteiger charge is -2.33. The Balaban J connectivity index is 2.32. The highest BCUT2D eigenvalue weighted by Crippen LogP contribution is 2.24. The number of nitrogens with zero attached hydrogens (tertiary/aromatic N) is 1. The molecule has 2 aromatic rings. The summed E-state index contributed by atoms with van der Waals surface area (Å²) in [5.41, 5.74) is 1.00. The van der Waals surface area contributed by atoms with Gasteiger partial charge in [0.15, 0.2) is 0 Å². The molecule has 4 nitrogen and oxygen atoms in total. The van der Waals surface area contributed by atoms with Gasteiger partial charge in [0.05, 0.1) is 16.5 Å². The number of benzene rings is 2. The van der Waals surface area contributed by atoms with E-state index in [0.29, 0.717) is 22.0 Å². The van der Waals surface area contributed by atoms with Crippen molar-refractivity contribution in [1.29, 1.82) is 0 Å². The van der Waals surface area contributed by atoms with E-state index in [1.165, 1.54) is 17.0 Å². The highest BCUT2D eigenvalue weighted by atomic mass is 35.5. The average molecular weight is 453 g/mol. The minimum absolute atomic E-state index is 0.0668. The number of rotatable bonds is 7. The Labute approximate surface area is 187 Å². The Morgan fingerprint density at radius 3 is 2.17 bits per heavy atom. The highest BCUT2D eigenvalue weighted by Gasteiger charge is 2.30. The van der Waals surface area contributed by atoms with Crippen LogP contribution in [-0.4, -0.2) is 28.3 Å². The van der Waals surface area contributed by atoms with Gasteiger partial charge >= 0.3 is 0 Å². The van der Waals surface area contributed by atoms with Crippen molar-refractivity contribution < 1.29 is 14.0 Å². The molecule has 1 N–H and O–H groups in total. The van der Waals surface area contributed by atoms with E-state index >= 15 is 0 Å². The molecule has 2 amide bonds. The Bertz CT molecular complexity index is 895. The van der Waals surface area contributed by atoms with Gasteiger partial charge in [-0.25, -0.2) is 4.39 Å². The molecule has 0 unspecified atom stereocenters. The lowest BCUT2D eigenvalue weighted by Crippen LogP contribution is -2.53. The van der Waals surface area contributed by atoms with Crippen molar-refractivity contribution in [3.05, 3.63) is 69.5 Å². The van der Waals surface area contributed by atoms with Crippen LogP contribution in [0.15, 0.2) is 42.5 Å². The van der Waals surface area contributed by atoms with Crippen LogP contribution in [0.25, 0.3) is 0 Å². The second-order valence-corrected chi connectivity index (χ2v) is 9.05. The first-order chi connectivity index (χ1) is 14.0. The molecule has 0 aliphatic rings. The third kappa shape index (κ3) is 6.99. The van der Waals surface area contributed by atoms with Gasteiger partial charge in [0.1, 0.15) is 11.9 Å². The predicted molar refractivity (Wildman–Crippen MR) is 119 cm³/mol. The van der Waals surface area contributed by atoms with Crippen LogP contribution in [0.3, 0.4) is 0 Å². The first kappa shape index (κ1) is 24.2. The van der Waals surface area contributed by atoms with Crippen molar-refractivity contribution >= 4 is 35.0 Å². The maximum atomic E-state index is 13.3. The summed E-state index contributed by atoms with van der Waals surface area (Å²) in [4.78, 5) is 27.7. The second-order valence-electron chi connectivity index (χ2n) is 8.24. The standard InChI is InChI=1S/C23H27Cl2FN2O2/c1-5-20(22(30)27-23(2,3)4)28(14-15-6-9-17(26)10-7-15)21(29)13-16-8-11-18(24)19(25)12-16/h6-12,20H,5,13-14H2,1-4H3,(H,27,30)/t20-/m0/s1. The molecule has 2 aromatic carbocycles. The van der Waals surface area contributed by atoms with Crippen molar-refractivity contribution in [2.24, 2.45) is 0 Å². The van der Waals surface area contributed by atoms with Gasteiger partial charge in [0, 0.05) is 12.1 Å². The smallest absolute Gasteiger partial charge is 0.243 e. The van der Waals surface area contributed by atoms with Gasteiger partial charge in [-0.05, 0) is 62.6 Å². The Hall–Kier alpha value is -2.11. The number of hydrogen-bond acceptors (Lipinski definition) is 2. The molecule has 0 heterocycles. The molecule has 0 radical (unpaired) electrons. The fraction of sp³-hybridized carbons (Fsp3) is 0.391. The number of carbonyl (C=O) groups is 2. The molecule has 0 bridgehead atoms. The van der Waals surface area contributed by atoms with Gasteiger partial charge in [-0.2, -0.15) is 0 Å². The van der Waals surface area contributed by atoms with Gasteiger partial charge < -0.3 is 10.2 Å². The molecule has 0 aliphatic heterocycles. The van der Waals surface area contributed by atoms with Crippen LogP contribution < -0.4 is 5.32 Å². The molecular weight excluding hydrogens is 426 g/mol. The Morgan fingerprint density at radius 1 is 1.03 bits per heavy atom. The summed E-state index contributed by atoms with van der Waals surface area (Å²) in [6, 6.07) is 10.3. The number of hydrogen-bond donors (Lipinski definition) is 1. The summed E-state index contributed by atoms with van der Waals surface area (Å²) in [5, 5.41) is 3.72. The van der Waals surface area contributed by atoms with Crippen LogP contribution in [0.4, 0.5) is 4.39 Å². The van der Waals surface area contributed by atoms with Crippen LogP contribution in [0.5, 0.6) is 0 Å². The maximum absolute atomic E-state index is 13.3. The fourth-order valence-corrected chi connectivity index (χ4v) is 3.41. The second kappa shape index (κ2) is 10.3. The molecule has 0 saturated carbocycles. The summed E-state index contributed by atoms with van der Waals surface area (Å²) in [7, 11) is 0. The quantitative estimate of drug-likeness (QED) is 0.611. The first-order valence-electron chi connectivity index (χ1n) is 9.80. The van der Waals surface area contributed by atoms with E-state index in [1.54, 1.807) is 30.3 Å². The van der Waals surface area contributed by atoms with Crippen molar-refractivity contribution in [3.8, 4) is 0 Å². The van der Waals surface area contributed by atoms with Crippen molar-refractivity contribution in [1.82, 2.24) is 10.2 Å². The molecule has 0 aromatic heterocycles. The summed E-state index contributed by atoms with van der Waals surface area (Å²) in [6.45, 7) is 7.71. The lowest BCUT2D eigenvalue weighted by molar-refractivity contribution is -0.141. The van der Waals surface area contributed by atoms with Crippen LogP contribution in [0.1, 0.15) is 45.2 Å². The van der Waals surface area contributed by atoms with Gasteiger partial charge in [-0.3, -0.25) is 9.59 Å². The maximum Gasteiger partial charge on any atom is 0.243 e. The molecule has 0 aliphatic carbocycles. The van der Waals surface area contributed by atoms with E-state index in [2.05, 4.69) is 5.32 Å². The molecule has 7 heteroatoms. The van der Waals surface area contributed by atoms with E-state index < -0.39 is 11.6 Å². The third-order valence-electron chi connectivity index (χ3n) is 4.49. The van der Waals surface area contributed by atoms with E-state index in [-0.39, 0.29) is 30.6 Å². The summed E-state index contributed by atoms with van der Waals surface area (Å²) >= 11 is 12.0. The molecule has 0 fully saturated rings. The zero-order chi connectivity index (χ0) is 22.5. The van der Waals surface area contributed by atoms with E-state index in [9.17, 15) is 14.0 Å². The summed E-state index contributed by atoms with van der Waals surface area (Å²) < 4.78 is 13.3. The van der Waals surface area contributed by atoms with Gasteiger partial charge in [0.25, 0.3) is 0 Å². The molecule has 30 heavy (non-hydrogen) atoms. The minimum atomic E-state index is -0.662. The highest BCUT2D eigenvalue weighted by molar-refractivity contribution is 6.42. The Kier molecular flexibility index (Phi) is 8.27. The van der Waals surface area contributed by atoms with E-state index in [1.807, 2.05) is 27.7 Å². The normalized spacial score (nSPS) is 12.4. The van der Waals surface area contributed by atoms with Gasteiger partial charge in [-0.15, -0.1) is 0 Å². The Morgan fingerprint density at radius 2 is 1.63 bits per heavy atom. The molecule has 162 valence electrons. The van der Waals surface area contributed by atoms with Crippen LogP contribution in [0, 0.1) is 5.82 Å². The van der Waals surface area contributed by atoms with E-state index in [4.69, 9.17) is 23.2 Å². The number of amides is 2. The van der Waals surface area contributed by atoms with E-state index in [0.717, 1.165) is 5.56 Å².